The predicted octanol–water partition coefficient (Wildman–Crippen LogP) is 13.0. The zero-order chi connectivity index (χ0) is 41.4. The summed E-state index contributed by atoms with van der Waals surface area (Å²) >= 11 is 0. The van der Waals surface area contributed by atoms with E-state index >= 15 is 0 Å². The van der Waals surface area contributed by atoms with Gasteiger partial charge in [-0.25, -0.2) is 0 Å². The van der Waals surface area contributed by atoms with Gasteiger partial charge < -0.3 is 10.6 Å². The van der Waals surface area contributed by atoms with E-state index in [4.69, 9.17) is 0 Å². The number of benzene rings is 4. The van der Waals surface area contributed by atoms with Crippen molar-refractivity contribution in [3.8, 4) is 0 Å². The molecule has 0 spiro atoms. The Labute approximate surface area is 330 Å². The Hall–Kier alpha value is -6.72. The molecule has 18 heteroatoms. The monoisotopic (exact) mass is 784 g/mol. The fraction of sp³-hybridized carbons (Fsp3) is 0.385. The van der Waals surface area contributed by atoms with E-state index in [0.717, 1.165) is 61.6 Å². The number of rotatable bonds is 23. The SMILES string of the molecule is CCCCCCCCNc1ccc(N=Nc2ccc([N+](=O)[O-])c([N+](=O)[O-])c2)cc1.CCCCCCCNc1ccc(N=Nc2ccc([N+](=O)[O-])c([N+](=O)[O-])c2)cc1. The molecule has 4 rings (SSSR count). The maximum atomic E-state index is 11.0. The molecule has 0 amide bonds. The van der Waals surface area contributed by atoms with E-state index in [9.17, 15) is 40.5 Å². The van der Waals surface area contributed by atoms with Gasteiger partial charge in [0.05, 0.1) is 54.6 Å². The molecular weight excluding hydrogens is 736 g/mol. The van der Waals surface area contributed by atoms with Gasteiger partial charge in [0.25, 0.3) is 0 Å². The minimum absolute atomic E-state index is 0.173. The van der Waals surface area contributed by atoms with E-state index in [-0.39, 0.29) is 11.4 Å². The van der Waals surface area contributed by atoms with Crippen molar-refractivity contribution in [3.05, 3.63) is 125 Å². The normalized spacial score (nSPS) is 10.9. The first-order valence-corrected chi connectivity index (χ1v) is 18.9. The summed E-state index contributed by atoms with van der Waals surface area (Å²) in [6.07, 6.45) is 13.6. The first-order valence-electron chi connectivity index (χ1n) is 18.9. The van der Waals surface area contributed by atoms with Crippen molar-refractivity contribution in [2.24, 2.45) is 20.5 Å². The number of unbranched alkanes of at least 4 members (excludes halogenated alkanes) is 9. The largest absolute Gasteiger partial charge is 0.385 e. The van der Waals surface area contributed by atoms with Crippen LogP contribution >= 0.6 is 0 Å². The average molecular weight is 785 g/mol. The molecule has 4 aromatic rings. The van der Waals surface area contributed by atoms with Gasteiger partial charge in [-0.15, -0.1) is 0 Å². The maximum absolute atomic E-state index is 11.0. The second-order valence-electron chi connectivity index (χ2n) is 12.9. The molecule has 0 fully saturated rings. The van der Waals surface area contributed by atoms with E-state index in [1.54, 1.807) is 24.3 Å². The smallest absolute Gasteiger partial charge is 0.348 e. The third-order valence-corrected chi connectivity index (χ3v) is 8.47. The molecule has 0 aliphatic carbocycles. The second kappa shape index (κ2) is 24.6. The summed E-state index contributed by atoms with van der Waals surface area (Å²) in [5, 5.41) is 66.3. The summed E-state index contributed by atoms with van der Waals surface area (Å²) in [5.41, 5.74) is 1.11. The highest BCUT2D eigenvalue weighted by molar-refractivity contribution is 5.61. The molecule has 302 valence electrons. The van der Waals surface area contributed by atoms with Gasteiger partial charge >= 0.3 is 22.7 Å². The van der Waals surface area contributed by atoms with Crippen LogP contribution in [0, 0.1) is 40.5 Å². The lowest BCUT2D eigenvalue weighted by atomic mass is 10.1. The van der Waals surface area contributed by atoms with Crippen molar-refractivity contribution in [3.63, 3.8) is 0 Å². The molecule has 0 atom stereocenters. The Bertz CT molecular complexity index is 1970. The number of hydrogen-bond donors (Lipinski definition) is 2. The number of nitrogens with zero attached hydrogens (tertiary/aromatic N) is 8. The van der Waals surface area contributed by atoms with E-state index in [1.165, 1.54) is 69.9 Å². The van der Waals surface area contributed by atoms with Crippen molar-refractivity contribution in [1.29, 1.82) is 0 Å². The lowest BCUT2D eigenvalue weighted by Gasteiger charge is -2.06. The van der Waals surface area contributed by atoms with Crippen molar-refractivity contribution in [2.45, 2.75) is 84.5 Å². The Morgan fingerprint density at radius 2 is 0.702 bits per heavy atom. The van der Waals surface area contributed by atoms with Gasteiger partial charge in [-0.05, 0) is 73.5 Å². The van der Waals surface area contributed by atoms with Crippen molar-refractivity contribution < 1.29 is 19.7 Å². The van der Waals surface area contributed by atoms with E-state index < -0.39 is 42.4 Å². The van der Waals surface area contributed by atoms with Crippen LogP contribution in [0.15, 0.2) is 105 Å². The number of anilines is 2. The molecule has 0 radical (unpaired) electrons. The molecule has 4 aromatic carbocycles. The highest BCUT2D eigenvalue weighted by Crippen LogP contribution is 2.33. The molecule has 0 saturated carbocycles. The average Bonchev–Trinajstić information content (AvgIpc) is 3.21. The van der Waals surface area contributed by atoms with Crippen LogP contribution in [-0.2, 0) is 0 Å². The summed E-state index contributed by atoms with van der Waals surface area (Å²) in [4.78, 5) is 40.4. The molecule has 0 aliphatic rings. The highest BCUT2D eigenvalue weighted by atomic mass is 16.6. The molecule has 0 heterocycles. The predicted molar refractivity (Wildman–Crippen MR) is 220 cm³/mol. The molecule has 2 N–H and O–H groups in total. The standard InChI is InChI=1S/C20H25N5O4.C19H23N5O4/c1-2-3-4-5-6-7-14-21-16-8-10-17(11-9-16)22-23-18-12-13-19(24(26)27)20(15-18)25(28)29;1-2-3-4-5-6-13-20-15-7-9-16(10-8-15)21-22-17-11-12-18(23(25)26)19(14-17)24(27)28/h8-13,15,21H,2-7,14H2,1H3;7-12,14,20H,2-6,13H2,1H3. The molecular formula is C39H48N10O8. The van der Waals surface area contributed by atoms with Crippen molar-refractivity contribution >= 4 is 56.9 Å². The topological polar surface area (TPSA) is 246 Å². The Balaban J connectivity index is 0.000000306. The summed E-state index contributed by atoms with van der Waals surface area (Å²) in [6.45, 7) is 6.23. The zero-order valence-electron chi connectivity index (χ0n) is 32.1. The number of nitro benzene ring substituents is 4. The van der Waals surface area contributed by atoms with Crippen molar-refractivity contribution in [2.75, 3.05) is 23.7 Å². The highest BCUT2D eigenvalue weighted by Gasteiger charge is 2.25. The van der Waals surface area contributed by atoms with Crippen LogP contribution in [0.2, 0.25) is 0 Å². The van der Waals surface area contributed by atoms with Crippen molar-refractivity contribution in [1.82, 2.24) is 0 Å². The van der Waals surface area contributed by atoms with Crippen LogP contribution in [0.4, 0.5) is 56.9 Å². The minimum atomic E-state index is -0.806. The third kappa shape index (κ3) is 16.3. The number of hydrogen-bond acceptors (Lipinski definition) is 14. The van der Waals surface area contributed by atoms with Gasteiger partial charge in [-0.3, -0.25) is 40.5 Å². The maximum Gasteiger partial charge on any atom is 0.348 e. The van der Waals surface area contributed by atoms with Gasteiger partial charge in [0, 0.05) is 36.6 Å². The molecule has 0 saturated heterocycles. The first-order chi connectivity index (χ1) is 27.5. The zero-order valence-corrected chi connectivity index (χ0v) is 32.1. The quantitative estimate of drug-likeness (QED) is 0.0311. The van der Waals surface area contributed by atoms with Crippen LogP contribution in [0.25, 0.3) is 0 Å². The van der Waals surface area contributed by atoms with Gasteiger partial charge in [0.1, 0.15) is 0 Å². The third-order valence-electron chi connectivity index (χ3n) is 8.47. The van der Waals surface area contributed by atoms with Crippen LogP contribution in [-0.4, -0.2) is 32.8 Å². The Kier molecular flexibility index (Phi) is 19.3. The molecule has 57 heavy (non-hydrogen) atoms. The van der Waals surface area contributed by atoms with Gasteiger partial charge in [0.2, 0.25) is 0 Å². The fourth-order valence-electron chi connectivity index (χ4n) is 5.37. The molecule has 0 bridgehead atoms. The minimum Gasteiger partial charge on any atom is -0.385 e. The summed E-state index contributed by atoms with van der Waals surface area (Å²) in [6, 6.07) is 21.5. The van der Waals surface area contributed by atoms with E-state index in [0.29, 0.717) is 11.4 Å². The number of nitrogens with one attached hydrogen (secondary N) is 2. The number of azo groups is 2. The van der Waals surface area contributed by atoms with Crippen LogP contribution in [0.1, 0.15) is 84.5 Å². The summed E-state index contributed by atoms with van der Waals surface area (Å²) in [5.74, 6) is 0. The molecule has 0 unspecified atom stereocenters. The molecule has 0 aliphatic heterocycles. The fourth-order valence-corrected chi connectivity index (χ4v) is 5.37. The van der Waals surface area contributed by atoms with Gasteiger partial charge in [0.15, 0.2) is 0 Å². The lowest BCUT2D eigenvalue weighted by molar-refractivity contribution is -0.422. The lowest BCUT2D eigenvalue weighted by Crippen LogP contribution is -2.00. The van der Waals surface area contributed by atoms with E-state index in [2.05, 4.69) is 44.9 Å². The number of nitro groups is 4. The van der Waals surface area contributed by atoms with Crippen LogP contribution in [0.3, 0.4) is 0 Å². The summed E-state index contributed by atoms with van der Waals surface area (Å²) < 4.78 is 0. The second-order valence-corrected chi connectivity index (χ2v) is 12.9. The molecule has 18 nitrogen and oxygen atoms in total. The molecule has 0 aromatic heterocycles. The van der Waals surface area contributed by atoms with Crippen LogP contribution in [0.5, 0.6) is 0 Å². The van der Waals surface area contributed by atoms with Gasteiger partial charge in [-0.2, -0.15) is 20.5 Å². The van der Waals surface area contributed by atoms with Crippen LogP contribution < -0.4 is 10.6 Å². The Morgan fingerprint density at radius 3 is 1.04 bits per heavy atom. The van der Waals surface area contributed by atoms with Gasteiger partial charge in [-0.1, -0.05) is 71.6 Å². The first kappa shape index (κ1) is 44.7. The summed E-state index contributed by atoms with van der Waals surface area (Å²) in [7, 11) is 0. The Morgan fingerprint density at radius 1 is 0.404 bits per heavy atom. The van der Waals surface area contributed by atoms with E-state index in [1.807, 2.05) is 24.3 Å².